The van der Waals surface area contributed by atoms with E-state index in [1.807, 2.05) is 23.1 Å². The molecule has 1 fully saturated rings. The molecule has 1 N–H and O–H groups in total. The van der Waals surface area contributed by atoms with Crippen LogP contribution in [0.5, 0.6) is 0 Å². The standard InChI is InChI=1S/C12H22N4/c1-12(11-15-7-2-3-8-15)13-6-10-16-9-4-5-14-16/h4-5,9,12-13H,2-3,6-8,10-11H2,1H3. The number of rotatable bonds is 6. The van der Waals surface area contributed by atoms with Gasteiger partial charge in [-0.1, -0.05) is 0 Å². The Bertz CT molecular complexity index is 277. The Balaban J connectivity index is 1.58. The molecular formula is C12H22N4. The fourth-order valence-corrected chi connectivity index (χ4v) is 2.28. The molecule has 4 heteroatoms. The van der Waals surface area contributed by atoms with Crippen LogP contribution >= 0.6 is 0 Å². The SMILES string of the molecule is CC(CN1CCCC1)NCCn1cccn1. The first-order valence-electron chi connectivity index (χ1n) is 6.28. The van der Waals surface area contributed by atoms with Crippen molar-refractivity contribution in [2.75, 3.05) is 26.2 Å². The summed E-state index contributed by atoms with van der Waals surface area (Å²) in [4.78, 5) is 2.55. The van der Waals surface area contributed by atoms with Gasteiger partial charge in [-0.25, -0.2) is 0 Å². The summed E-state index contributed by atoms with van der Waals surface area (Å²) in [5.41, 5.74) is 0. The molecule has 1 aromatic rings. The Morgan fingerprint density at radius 3 is 2.88 bits per heavy atom. The molecule has 1 aliphatic rings. The molecular weight excluding hydrogens is 200 g/mol. The van der Waals surface area contributed by atoms with Crippen LogP contribution in [0.25, 0.3) is 0 Å². The molecule has 2 heterocycles. The van der Waals surface area contributed by atoms with Crippen LogP contribution in [0.1, 0.15) is 19.8 Å². The zero-order chi connectivity index (χ0) is 11.2. The minimum Gasteiger partial charge on any atom is -0.311 e. The van der Waals surface area contributed by atoms with E-state index in [9.17, 15) is 0 Å². The van der Waals surface area contributed by atoms with E-state index < -0.39 is 0 Å². The highest BCUT2D eigenvalue weighted by Crippen LogP contribution is 2.07. The summed E-state index contributed by atoms with van der Waals surface area (Å²) in [7, 11) is 0. The van der Waals surface area contributed by atoms with E-state index in [4.69, 9.17) is 0 Å². The average molecular weight is 222 g/mol. The predicted molar refractivity (Wildman–Crippen MR) is 65.4 cm³/mol. The highest BCUT2D eigenvalue weighted by atomic mass is 15.3. The van der Waals surface area contributed by atoms with E-state index in [0.29, 0.717) is 6.04 Å². The van der Waals surface area contributed by atoms with E-state index in [1.165, 1.54) is 32.5 Å². The van der Waals surface area contributed by atoms with E-state index in [2.05, 4.69) is 22.2 Å². The third-order valence-corrected chi connectivity index (χ3v) is 3.12. The van der Waals surface area contributed by atoms with E-state index >= 15 is 0 Å². The Morgan fingerprint density at radius 2 is 2.19 bits per heavy atom. The van der Waals surface area contributed by atoms with E-state index in [1.54, 1.807) is 0 Å². The maximum Gasteiger partial charge on any atom is 0.0534 e. The second-order valence-electron chi connectivity index (χ2n) is 4.63. The van der Waals surface area contributed by atoms with Gasteiger partial charge in [0.1, 0.15) is 0 Å². The molecule has 0 bridgehead atoms. The van der Waals surface area contributed by atoms with Crippen molar-refractivity contribution in [3.05, 3.63) is 18.5 Å². The van der Waals surface area contributed by atoms with Gasteiger partial charge < -0.3 is 10.2 Å². The fraction of sp³-hybridized carbons (Fsp3) is 0.750. The van der Waals surface area contributed by atoms with Gasteiger partial charge in [0.05, 0.1) is 6.54 Å². The van der Waals surface area contributed by atoms with Crippen LogP contribution in [0.4, 0.5) is 0 Å². The lowest BCUT2D eigenvalue weighted by molar-refractivity contribution is 0.297. The molecule has 0 saturated carbocycles. The molecule has 1 unspecified atom stereocenters. The van der Waals surface area contributed by atoms with Crippen LogP contribution < -0.4 is 5.32 Å². The fourth-order valence-electron chi connectivity index (χ4n) is 2.28. The molecule has 0 spiro atoms. The van der Waals surface area contributed by atoms with Gasteiger partial charge in [-0.05, 0) is 38.9 Å². The summed E-state index contributed by atoms with van der Waals surface area (Å²) in [6.07, 6.45) is 6.58. The van der Waals surface area contributed by atoms with Gasteiger partial charge in [-0.15, -0.1) is 0 Å². The first-order chi connectivity index (χ1) is 7.84. The van der Waals surface area contributed by atoms with Crippen LogP contribution in [0.3, 0.4) is 0 Å². The summed E-state index contributed by atoms with van der Waals surface area (Å²) in [6, 6.07) is 2.54. The van der Waals surface area contributed by atoms with Crippen LogP contribution in [-0.4, -0.2) is 46.9 Å². The second kappa shape index (κ2) is 6.01. The molecule has 0 amide bonds. The minimum atomic E-state index is 0.577. The molecule has 1 saturated heterocycles. The molecule has 0 aliphatic carbocycles. The maximum absolute atomic E-state index is 4.18. The maximum atomic E-state index is 4.18. The Labute approximate surface area is 97.6 Å². The first-order valence-corrected chi connectivity index (χ1v) is 6.28. The van der Waals surface area contributed by atoms with Crippen molar-refractivity contribution in [2.24, 2.45) is 0 Å². The van der Waals surface area contributed by atoms with Crippen molar-refractivity contribution >= 4 is 0 Å². The Morgan fingerprint density at radius 1 is 1.38 bits per heavy atom. The second-order valence-corrected chi connectivity index (χ2v) is 4.63. The molecule has 0 aromatic carbocycles. The van der Waals surface area contributed by atoms with Gasteiger partial charge in [-0.3, -0.25) is 4.68 Å². The average Bonchev–Trinajstić information content (AvgIpc) is 2.90. The lowest BCUT2D eigenvalue weighted by Crippen LogP contribution is -2.39. The largest absolute Gasteiger partial charge is 0.311 e. The van der Waals surface area contributed by atoms with Gasteiger partial charge in [-0.2, -0.15) is 5.10 Å². The summed E-state index contributed by atoms with van der Waals surface area (Å²) < 4.78 is 1.97. The Hall–Kier alpha value is -0.870. The van der Waals surface area contributed by atoms with Crippen LogP contribution in [0.2, 0.25) is 0 Å². The quantitative estimate of drug-likeness (QED) is 0.778. The molecule has 1 atom stereocenters. The van der Waals surface area contributed by atoms with Gasteiger partial charge in [0.25, 0.3) is 0 Å². The van der Waals surface area contributed by atoms with Gasteiger partial charge in [0.15, 0.2) is 0 Å². The molecule has 4 nitrogen and oxygen atoms in total. The Kier molecular flexibility index (Phi) is 4.36. The van der Waals surface area contributed by atoms with Crippen molar-refractivity contribution < 1.29 is 0 Å². The number of aromatic nitrogens is 2. The highest BCUT2D eigenvalue weighted by molar-refractivity contribution is 4.78. The van der Waals surface area contributed by atoms with Crippen molar-refractivity contribution in [2.45, 2.75) is 32.4 Å². The topological polar surface area (TPSA) is 33.1 Å². The summed E-state index contributed by atoms with van der Waals surface area (Å²) in [5, 5.41) is 7.73. The van der Waals surface area contributed by atoms with E-state index in [-0.39, 0.29) is 0 Å². The molecule has 2 rings (SSSR count). The molecule has 1 aromatic heterocycles. The minimum absolute atomic E-state index is 0.577. The molecule has 1 aliphatic heterocycles. The molecule has 0 radical (unpaired) electrons. The van der Waals surface area contributed by atoms with Crippen molar-refractivity contribution in [3.63, 3.8) is 0 Å². The van der Waals surface area contributed by atoms with Gasteiger partial charge in [0, 0.05) is 31.5 Å². The summed E-state index contributed by atoms with van der Waals surface area (Å²) >= 11 is 0. The zero-order valence-corrected chi connectivity index (χ0v) is 10.1. The van der Waals surface area contributed by atoms with Crippen molar-refractivity contribution in [1.29, 1.82) is 0 Å². The van der Waals surface area contributed by atoms with Crippen molar-refractivity contribution in [3.8, 4) is 0 Å². The van der Waals surface area contributed by atoms with Crippen molar-refractivity contribution in [1.82, 2.24) is 20.0 Å². The molecule has 16 heavy (non-hydrogen) atoms. The lowest BCUT2D eigenvalue weighted by atomic mass is 10.3. The number of likely N-dealkylation sites (tertiary alicyclic amines) is 1. The summed E-state index contributed by atoms with van der Waals surface area (Å²) in [6.45, 7) is 7.96. The zero-order valence-electron chi connectivity index (χ0n) is 10.1. The lowest BCUT2D eigenvalue weighted by Gasteiger charge is -2.21. The first kappa shape index (κ1) is 11.6. The van der Waals surface area contributed by atoms with Crippen LogP contribution in [-0.2, 0) is 6.54 Å². The number of nitrogens with zero attached hydrogens (tertiary/aromatic N) is 3. The van der Waals surface area contributed by atoms with Crippen LogP contribution in [0, 0.1) is 0 Å². The predicted octanol–water partition coefficient (Wildman–Crippen LogP) is 0.957. The van der Waals surface area contributed by atoms with Gasteiger partial charge in [0.2, 0.25) is 0 Å². The third-order valence-electron chi connectivity index (χ3n) is 3.12. The highest BCUT2D eigenvalue weighted by Gasteiger charge is 2.13. The van der Waals surface area contributed by atoms with E-state index in [0.717, 1.165) is 13.1 Å². The normalized spacial score (nSPS) is 19.1. The number of hydrogen-bond donors (Lipinski definition) is 1. The number of hydrogen-bond acceptors (Lipinski definition) is 3. The van der Waals surface area contributed by atoms with Gasteiger partial charge >= 0.3 is 0 Å². The van der Waals surface area contributed by atoms with Crippen LogP contribution in [0.15, 0.2) is 18.5 Å². The smallest absolute Gasteiger partial charge is 0.0534 e. The third kappa shape index (κ3) is 3.61. The molecule has 90 valence electrons. The number of nitrogens with one attached hydrogen (secondary N) is 1. The monoisotopic (exact) mass is 222 g/mol. The summed E-state index contributed by atoms with van der Waals surface area (Å²) in [5.74, 6) is 0.